The lowest BCUT2D eigenvalue weighted by Gasteiger charge is -2.03. The molecule has 0 bridgehead atoms. The molecule has 22 heavy (non-hydrogen) atoms. The first-order chi connectivity index (χ1) is 10.7. The molecule has 3 rings (SSSR count). The van der Waals surface area contributed by atoms with Gasteiger partial charge in [0.1, 0.15) is 4.83 Å². The second-order valence-electron chi connectivity index (χ2n) is 5.02. The second-order valence-corrected chi connectivity index (χ2v) is 6.02. The zero-order chi connectivity index (χ0) is 15.5. The van der Waals surface area contributed by atoms with Gasteiger partial charge in [0.25, 0.3) is 5.56 Å². The number of aromatic nitrogens is 2. The van der Waals surface area contributed by atoms with E-state index in [1.807, 2.05) is 37.3 Å². The number of anilines is 1. The number of aliphatic hydroxyl groups excluding tert-OH is 1. The molecule has 0 amide bonds. The van der Waals surface area contributed by atoms with Crippen LogP contribution < -0.4 is 10.9 Å². The van der Waals surface area contributed by atoms with Gasteiger partial charge < -0.3 is 10.4 Å². The molecule has 0 radical (unpaired) electrons. The van der Waals surface area contributed by atoms with Crippen molar-refractivity contribution < 1.29 is 5.11 Å². The number of hydrogen-bond acceptors (Lipinski definition) is 5. The van der Waals surface area contributed by atoms with Gasteiger partial charge >= 0.3 is 0 Å². The summed E-state index contributed by atoms with van der Waals surface area (Å²) in [5.74, 6) is 0.451. The molecule has 0 aliphatic rings. The van der Waals surface area contributed by atoms with Crippen molar-refractivity contribution in [2.24, 2.45) is 0 Å². The number of nitrogens with zero attached hydrogens (tertiary/aromatic N) is 1. The van der Waals surface area contributed by atoms with Gasteiger partial charge in [-0.25, -0.2) is 4.98 Å². The lowest BCUT2D eigenvalue weighted by atomic mass is 10.1. The molecule has 3 aromatic rings. The average Bonchev–Trinajstić information content (AvgIpc) is 2.86. The van der Waals surface area contributed by atoms with Crippen LogP contribution in [-0.4, -0.2) is 28.2 Å². The van der Waals surface area contributed by atoms with E-state index < -0.39 is 0 Å². The minimum Gasteiger partial charge on any atom is -0.396 e. The van der Waals surface area contributed by atoms with Crippen molar-refractivity contribution in [1.82, 2.24) is 9.97 Å². The fourth-order valence-electron chi connectivity index (χ4n) is 2.38. The first-order valence-corrected chi connectivity index (χ1v) is 7.96. The summed E-state index contributed by atoms with van der Waals surface area (Å²) >= 11 is 1.52. The summed E-state index contributed by atoms with van der Waals surface area (Å²) in [5.41, 5.74) is 1.92. The number of aliphatic hydroxyl groups is 1. The van der Waals surface area contributed by atoms with E-state index in [2.05, 4.69) is 15.3 Å². The number of aromatic amines is 1. The van der Waals surface area contributed by atoms with Crippen molar-refractivity contribution in [3.63, 3.8) is 0 Å². The molecule has 114 valence electrons. The first kappa shape index (κ1) is 14.7. The highest BCUT2D eigenvalue weighted by Crippen LogP contribution is 2.35. The van der Waals surface area contributed by atoms with Gasteiger partial charge in [-0.15, -0.1) is 11.3 Å². The Morgan fingerprint density at radius 1 is 1.32 bits per heavy atom. The molecule has 1 aromatic carbocycles. The van der Waals surface area contributed by atoms with Gasteiger partial charge in [-0.2, -0.15) is 0 Å². The zero-order valence-corrected chi connectivity index (χ0v) is 13.0. The summed E-state index contributed by atoms with van der Waals surface area (Å²) in [5, 5.41) is 12.5. The minimum absolute atomic E-state index is 0.107. The predicted molar refractivity (Wildman–Crippen MR) is 90.6 cm³/mol. The highest BCUT2D eigenvalue weighted by molar-refractivity contribution is 7.22. The highest BCUT2D eigenvalue weighted by Gasteiger charge is 2.15. The maximum atomic E-state index is 12.3. The largest absolute Gasteiger partial charge is 0.396 e. The Morgan fingerprint density at radius 3 is 2.82 bits per heavy atom. The standard InChI is InChI=1S/C16H17N3O2S/c1-10-12-14(21)18-16(17-8-5-9-20)19-15(12)22-13(10)11-6-3-2-4-7-11/h2-4,6-7,20H,5,8-9H2,1H3,(H2,17,18,19,21). The second kappa shape index (κ2) is 6.29. The van der Waals surface area contributed by atoms with Gasteiger partial charge in [0, 0.05) is 18.0 Å². The van der Waals surface area contributed by atoms with Crippen molar-refractivity contribution in [3.8, 4) is 10.4 Å². The molecule has 0 atom stereocenters. The third-order valence-corrected chi connectivity index (χ3v) is 4.70. The molecule has 0 spiro atoms. The van der Waals surface area contributed by atoms with Crippen molar-refractivity contribution in [2.75, 3.05) is 18.5 Å². The van der Waals surface area contributed by atoms with Crippen LogP contribution >= 0.6 is 11.3 Å². The molecule has 2 aromatic heterocycles. The number of thiophene rings is 1. The lowest BCUT2D eigenvalue weighted by molar-refractivity contribution is 0.292. The fourth-order valence-corrected chi connectivity index (χ4v) is 3.57. The molecule has 0 aliphatic heterocycles. The Morgan fingerprint density at radius 2 is 2.09 bits per heavy atom. The van der Waals surface area contributed by atoms with Gasteiger partial charge in [0.05, 0.1) is 5.39 Å². The van der Waals surface area contributed by atoms with Gasteiger partial charge in [0.15, 0.2) is 0 Å². The van der Waals surface area contributed by atoms with E-state index in [0.717, 1.165) is 20.8 Å². The summed E-state index contributed by atoms with van der Waals surface area (Å²) in [7, 11) is 0. The van der Waals surface area contributed by atoms with Crippen LogP contribution in [0.4, 0.5) is 5.95 Å². The van der Waals surface area contributed by atoms with Crippen LogP contribution in [0.1, 0.15) is 12.0 Å². The zero-order valence-electron chi connectivity index (χ0n) is 12.2. The molecular weight excluding hydrogens is 298 g/mol. The third kappa shape index (κ3) is 2.75. The number of benzene rings is 1. The van der Waals surface area contributed by atoms with E-state index in [1.54, 1.807) is 0 Å². The van der Waals surface area contributed by atoms with Gasteiger partial charge in [-0.05, 0) is 24.5 Å². The molecule has 2 heterocycles. The van der Waals surface area contributed by atoms with Gasteiger partial charge in [0.2, 0.25) is 5.95 Å². The quantitative estimate of drug-likeness (QED) is 0.633. The Balaban J connectivity index is 2.06. The maximum absolute atomic E-state index is 12.3. The molecular formula is C16H17N3O2S. The van der Waals surface area contributed by atoms with Crippen LogP contribution in [0.3, 0.4) is 0 Å². The summed E-state index contributed by atoms with van der Waals surface area (Å²) in [6.45, 7) is 2.63. The van der Waals surface area contributed by atoms with Crippen LogP contribution in [0.2, 0.25) is 0 Å². The lowest BCUT2D eigenvalue weighted by Crippen LogP contribution is -2.14. The maximum Gasteiger partial charge on any atom is 0.261 e. The monoisotopic (exact) mass is 315 g/mol. The average molecular weight is 315 g/mol. The molecule has 0 unspecified atom stereocenters. The topological polar surface area (TPSA) is 78.0 Å². The van der Waals surface area contributed by atoms with Crippen LogP contribution in [0.5, 0.6) is 0 Å². The van der Waals surface area contributed by atoms with Gasteiger partial charge in [-0.1, -0.05) is 30.3 Å². The molecule has 5 nitrogen and oxygen atoms in total. The normalized spacial score (nSPS) is 11.0. The molecule has 0 fully saturated rings. The van der Waals surface area contributed by atoms with Crippen LogP contribution in [0.25, 0.3) is 20.7 Å². The fraction of sp³-hybridized carbons (Fsp3) is 0.250. The summed E-state index contributed by atoms with van der Waals surface area (Å²) in [6.07, 6.45) is 0.612. The molecule has 3 N–H and O–H groups in total. The molecule has 0 saturated carbocycles. The SMILES string of the molecule is Cc1c(-c2ccccc2)sc2nc(NCCCO)[nH]c(=O)c12. The van der Waals surface area contributed by atoms with Crippen LogP contribution in [-0.2, 0) is 0 Å². The summed E-state index contributed by atoms with van der Waals surface area (Å²) < 4.78 is 0. The van der Waals surface area contributed by atoms with Crippen LogP contribution in [0.15, 0.2) is 35.1 Å². The van der Waals surface area contributed by atoms with Crippen molar-refractivity contribution >= 4 is 27.5 Å². The molecule has 6 heteroatoms. The Kier molecular flexibility index (Phi) is 4.22. The van der Waals surface area contributed by atoms with E-state index in [4.69, 9.17) is 5.11 Å². The highest BCUT2D eigenvalue weighted by atomic mass is 32.1. The number of rotatable bonds is 5. The molecule has 0 saturated heterocycles. The van der Waals surface area contributed by atoms with E-state index in [-0.39, 0.29) is 12.2 Å². The summed E-state index contributed by atoms with van der Waals surface area (Å²) in [4.78, 5) is 21.4. The smallest absolute Gasteiger partial charge is 0.261 e. The van der Waals surface area contributed by atoms with E-state index in [1.165, 1.54) is 11.3 Å². The van der Waals surface area contributed by atoms with E-state index >= 15 is 0 Å². The summed E-state index contributed by atoms with van der Waals surface area (Å²) in [6, 6.07) is 10.0. The number of H-pyrrole nitrogens is 1. The number of hydrogen-bond donors (Lipinski definition) is 3. The Hall–Kier alpha value is -2.18. The van der Waals surface area contributed by atoms with Crippen molar-refractivity contribution in [1.29, 1.82) is 0 Å². The van der Waals surface area contributed by atoms with Crippen molar-refractivity contribution in [2.45, 2.75) is 13.3 Å². The minimum atomic E-state index is -0.132. The number of nitrogens with one attached hydrogen (secondary N) is 2. The Labute approximate surface area is 131 Å². The number of aryl methyl sites for hydroxylation is 1. The number of fused-ring (bicyclic) bond motifs is 1. The van der Waals surface area contributed by atoms with E-state index in [9.17, 15) is 4.79 Å². The Bertz CT molecular complexity index is 840. The molecule has 0 aliphatic carbocycles. The van der Waals surface area contributed by atoms with Gasteiger partial charge in [-0.3, -0.25) is 9.78 Å². The first-order valence-electron chi connectivity index (χ1n) is 7.14. The van der Waals surface area contributed by atoms with E-state index in [0.29, 0.717) is 24.3 Å². The van der Waals surface area contributed by atoms with Crippen LogP contribution in [0, 0.1) is 6.92 Å². The predicted octanol–water partition coefficient (Wildman–Crippen LogP) is 2.75. The third-order valence-electron chi connectivity index (χ3n) is 3.46. The van der Waals surface area contributed by atoms with Crippen molar-refractivity contribution in [3.05, 3.63) is 46.2 Å².